The Morgan fingerprint density at radius 1 is 0.300 bits per heavy atom. The van der Waals surface area contributed by atoms with Gasteiger partial charge in [0.2, 0.25) is 0 Å². The maximum absolute atomic E-state index is 2.30. The Kier molecular flexibility index (Phi) is 18.9. The third-order valence-electron chi connectivity index (χ3n) is 12.3. The molecule has 0 heterocycles. The van der Waals surface area contributed by atoms with Gasteiger partial charge in [0.25, 0.3) is 0 Å². The van der Waals surface area contributed by atoms with Crippen molar-refractivity contribution in [1.29, 1.82) is 0 Å². The van der Waals surface area contributed by atoms with Crippen LogP contribution in [0.5, 0.6) is 0 Å². The highest BCUT2D eigenvalue weighted by molar-refractivity contribution is 5.77. The maximum Gasteiger partial charge on any atom is 0.0213 e. The first-order valence-electron chi connectivity index (χ1n) is 23.0. The van der Waals surface area contributed by atoms with E-state index < -0.39 is 0 Å². The Morgan fingerprint density at radius 3 is 0.867 bits per heavy atom. The van der Waals surface area contributed by atoms with Crippen LogP contribution in [0.15, 0.2) is 97.1 Å². The van der Waals surface area contributed by atoms with Crippen molar-refractivity contribution in [2.45, 2.75) is 162 Å². The zero-order valence-electron chi connectivity index (χ0n) is 41.3. The van der Waals surface area contributed by atoms with Crippen LogP contribution in [0.4, 0.5) is 0 Å². The molecule has 0 aliphatic heterocycles. The van der Waals surface area contributed by atoms with E-state index in [0.29, 0.717) is 0 Å². The van der Waals surface area contributed by atoms with E-state index in [1.54, 1.807) is 11.1 Å². The molecule has 0 unspecified atom stereocenters. The Hall–Kier alpha value is -4.68. The minimum Gasteiger partial charge on any atom is -0.0683 e. The smallest absolute Gasteiger partial charge is 0.0213 e. The average molecular weight is 801 g/mol. The molecule has 1 fully saturated rings. The van der Waals surface area contributed by atoms with Crippen molar-refractivity contribution in [2.24, 2.45) is 0 Å². The van der Waals surface area contributed by atoms with E-state index in [4.69, 9.17) is 0 Å². The van der Waals surface area contributed by atoms with Gasteiger partial charge in [0.05, 0.1) is 0 Å². The van der Waals surface area contributed by atoms with Gasteiger partial charge in [-0.15, -0.1) is 0 Å². The molecule has 0 saturated heterocycles. The van der Waals surface area contributed by atoms with Gasteiger partial charge in [0.1, 0.15) is 0 Å². The van der Waals surface area contributed by atoms with Crippen molar-refractivity contribution < 1.29 is 0 Å². The van der Waals surface area contributed by atoms with E-state index in [-0.39, 0.29) is 5.41 Å². The molecule has 1 saturated carbocycles. The molecule has 0 bridgehead atoms. The second-order valence-corrected chi connectivity index (χ2v) is 17.4. The molecule has 1 aliphatic rings. The molecule has 0 atom stereocenters. The topological polar surface area (TPSA) is 0 Å². The first kappa shape index (κ1) is 49.7. The molecular weight excluding hydrogens is 721 g/mol. The van der Waals surface area contributed by atoms with Gasteiger partial charge in [-0.1, -0.05) is 166 Å². The van der Waals surface area contributed by atoms with Crippen LogP contribution in [0, 0.1) is 96.9 Å². The summed E-state index contributed by atoms with van der Waals surface area (Å²) in [7, 11) is 0. The summed E-state index contributed by atoms with van der Waals surface area (Å²) in [6.07, 6.45) is 6.68. The fourth-order valence-electron chi connectivity index (χ4n) is 10.3. The molecule has 1 aliphatic carbocycles. The van der Waals surface area contributed by atoms with Gasteiger partial charge in [-0.25, -0.2) is 0 Å². The summed E-state index contributed by atoms with van der Waals surface area (Å²) in [4.78, 5) is 0. The van der Waals surface area contributed by atoms with Gasteiger partial charge in [0.15, 0.2) is 0 Å². The zero-order valence-corrected chi connectivity index (χ0v) is 41.3. The molecule has 0 aromatic heterocycles. The fourth-order valence-corrected chi connectivity index (χ4v) is 10.3. The van der Waals surface area contributed by atoms with Gasteiger partial charge in [-0.05, 0) is 199 Å². The van der Waals surface area contributed by atoms with Crippen LogP contribution in [0.25, 0.3) is 22.3 Å². The lowest BCUT2D eigenvalue weighted by molar-refractivity contribution is 0.341. The molecule has 0 heteroatoms. The van der Waals surface area contributed by atoms with Crippen LogP contribution in [0.1, 0.15) is 149 Å². The molecule has 0 radical (unpaired) electrons. The molecule has 0 amide bonds. The molecule has 0 nitrogen and oxygen atoms in total. The Morgan fingerprint density at radius 2 is 0.583 bits per heavy atom. The Balaban J connectivity index is 0.000000233. The van der Waals surface area contributed by atoms with E-state index in [1.165, 1.54) is 132 Å². The lowest BCUT2D eigenvalue weighted by Gasteiger charge is -2.42. The standard InChI is InChI=1S/C22H28.C18H22.C16H18.2C2H6/c1-16-10-8-11-17(2)20(16)22(14-6-5-7-15-22)21-18(3)12-9-13-19(21)4;1-11-7-13(3)17(14(4)8-11)18-15(5)9-12(2)10-16(18)6;1-11-5-7-15(13(3)9-11)16-8-6-12(2)10-14(16)4;2*1-2/h8-13H,5-7,14-15H2,1-4H3;7-10H,1-6H3;5-10H,1-4H3;2*1-2H3. The van der Waals surface area contributed by atoms with Crippen molar-refractivity contribution in [3.63, 3.8) is 0 Å². The van der Waals surface area contributed by atoms with E-state index >= 15 is 0 Å². The average Bonchev–Trinajstić information content (AvgIpc) is 3.18. The third-order valence-corrected chi connectivity index (χ3v) is 12.3. The van der Waals surface area contributed by atoms with Crippen LogP contribution in [0.3, 0.4) is 0 Å². The van der Waals surface area contributed by atoms with Crippen molar-refractivity contribution in [2.75, 3.05) is 0 Å². The summed E-state index contributed by atoms with van der Waals surface area (Å²) in [6.45, 7) is 39.0. The van der Waals surface area contributed by atoms with Crippen molar-refractivity contribution in [1.82, 2.24) is 0 Å². The van der Waals surface area contributed by atoms with Gasteiger partial charge in [0, 0.05) is 5.41 Å². The van der Waals surface area contributed by atoms with Crippen LogP contribution in [-0.2, 0) is 5.41 Å². The van der Waals surface area contributed by atoms with E-state index in [1.807, 2.05) is 27.7 Å². The van der Waals surface area contributed by atoms with Crippen LogP contribution in [-0.4, -0.2) is 0 Å². The van der Waals surface area contributed by atoms with Gasteiger partial charge in [-0.2, -0.15) is 0 Å². The zero-order chi connectivity index (χ0) is 44.9. The Labute approximate surface area is 368 Å². The number of hydrogen-bond donors (Lipinski definition) is 0. The molecule has 6 aromatic carbocycles. The summed E-state index contributed by atoms with van der Waals surface area (Å²) in [5.41, 5.74) is 28.4. The van der Waals surface area contributed by atoms with Gasteiger partial charge in [-0.3, -0.25) is 0 Å². The van der Waals surface area contributed by atoms with Crippen molar-refractivity contribution >= 4 is 0 Å². The molecule has 0 spiro atoms. The predicted molar refractivity (Wildman–Crippen MR) is 270 cm³/mol. The van der Waals surface area contributed by atoms with E-state index in [9.17, 15) is 0 Å². The third kappa shape index (κ3) is 11.8. The second-order valence-electron chi connectivity index (χ2n) is 17.4. The van der Waals surface area contributed by atoms with E-state index in [0.717, 1.165) is 0 Å². The highest BCUT2D eigenvalue weighted by atomic mass is 14.4. The first-order chi connectivity index (χ1) is 28.5. The first-order valence-corrected chi connectivity index (χ1v) is 23.0. The van der Waals surface area contributed by atoms with Crippen LogP contribution in [0.2, 0.25) is 0 Å². The number of hydrogen-bond acceptors (Lipinski definition) is 0. The summed E-state index contributed by atoms with van der Waals surface area (Å²) in [6, 6.07) is 36.0. The SMILES string of the molecule is CC.CC.Cc1cc(C)c(-c2c(C)cc(C)cc2C)c(C)c1.Cc1ccc(-c2ccc(C)cc2C)c(C)c1.Cc1cccc(C)c1C1(c2c(C)cccc2C)CCCCC1. The summed E-state index contributed by atoms with van der Waals surface area (Å²) < 4.78 is 0. The lowest BCUT2D eigenvalue weighted by Crippen LogP contribution is -2.34. The van der Waals surface area contributed by atoms with Gasteiger partial charge < -0.3 is 0 Å². The minimum absolute atomic E-state index is 0.225. The van der Waals surface area contributed by atoms with Crippen LogP contribution >= 0.6 is 0 Å². The van der Waals surface area contributed by atoms with Crippen LogP contribution < -0.4 is 0 Å². The quantitative estimate of drug-likeness (QED) is 0.167. The maximum atomic E-state index is 2.30. The Bertz CT molecular complexity index is 2080. The number of aryl methyl sites for hydroxylation is 14. The normalized spacial score (nSPS) is 12.6. The second kappa shape index (κ2) is 22.8. The van der Waals surface area contributed by atoms with Gasteiger partial charge >= 0.3 is 0 Å². The largest absolute Gasteiger partial charge is 0.0683 e. The van der Waals surface area contributed by atoms with Crippen molar-refractivity contribution in [3.8, 4) is 22.3 Å². The number of rotatable bonds is 4. The molecule has 0 N–H and O–H groups in total. The van der Waals surface area contributed by atoms with Crippen molar-refractivity contribution in [3.05, 3.63) is 186 Å². The van der Waals surface area contributed by atoms with E-state index in [2.05, 4.69) is 194 Å². The predicted octanol–water partition coefficient (Wildman–Crippen LogP) is 18.0. The fraction of sp³-hybridized carbons (Fsp3) is 0.400. The monoisotopic (exact) mass is 801 g/mol. The summed E-state index contributed by atoms with van der Waals surface area (Å²) in [5.74, 6) is 0. The highest BCUT2D eigenvalue weighted by Crippen LogP contribution is 2.49. The molecule has 60 heavy (non-hydrogen) atoms. The highest BCUT2D eigenvalue weighted by Gasteiger charge is 2.39. The molecular formula is C60H80. The summed E-state index contributed by atoms with van der Waals surface area (Å²) in [5, 5.41) is 0. The molecule has 7 rings (SSSR count). The molecule has 320 valence electrons. The minimum atomic E-state index is 0.225. The lowest BCUT2D eigenvalue weighted by atomic mass is 9.61. The summed E-state index contributed by atoms with van der Waals surface area (Å²) >= 11 is 0. The number of benzene rings is 6. The molecule has 6 aromatic rings.